The number of para-hydroxylation sites is 1. The topological polar surface area (TPSA) is 71.7 Å². The highest BCUT2D eigenvalue weighted by Crippen LogP contribution is 2.25. The number of rotatable bonds is 3. The number of amides is 1. The maximum Gasteiger partial charge on any atom is 0.287 e. The number of furan rings is 1. The molecule has 1 aliphatic rings. The molecule has 112 valence electrons. The van der Waals surface area contributed by atoms with Crippen molar-refractivity contribution in [1.29, 1.82) is 0 Å². The molecule has 1 aromatic heterocycles. The van der Waals surface area contributed by atoms with E-state index in [9.17, 15) is 9.90 Å². The molecule has 1 aromatic carbocycles. The first-order valence-corrected chi connectivity index (χ1v) is 7.15. The molecule has 1 fully saturated rings. The summed E-state index contributed by atoms with van der Waals surface area (Å²) in [6, 6.07) is 7.55. The minimum Gasteiger partial charge on any atom is -0.451 e. The molecule has 0 unspecified atom stereocenters. The van der Waals surface area contributed by atoms with Crippen LogP contribution in [-0.2, 0) is 4.74 Å². The quantitative estimate of drug-likeness (QED) is 0.906. The normalized spacial score (nSPS) is 17.8. The van der Waals surface area contributed by atoms with Gasteiger partial charge in [0.2, 0.25) is 0 Å². The highest BCUT2D eigenvalue weighted by molar-refractivity contribution is 5.98. The second-order valence-electron chi connectivity index (χ2n) is 5.57. The predicted octanol–water partition coefficient (Wildman–Crippen LogP) is 2.01. The molecule has 0 saturated carbocycles. The van der Waals surface area contributed by atoms with Gasteiger partial charge in [-0.2, -0.15) is 0 Å². The summed E-state index contributed by atoms with van der Waals surface area (Å²) in [4.78, 5) is 12.3. The van der Waals surface area contributed by atoms with E-state index in [0.29, 0.717) is 37.4 Å². The van der Waals surface area contributed by atoms with Crippen LogP contribution in [0.5, 0.6) is 0 Å². The molecule has 2 heterocycles. The molecular weight excluding hydrogens is 270 g/mol. The average Bonchev–Trinajstić information content (AvgIpc) is 2.84. The highest BCUT2D eigenvalue weighted by atomic mass is 16.5. The Morgan fingerprint density at radius 1 is 1.33 bits per heavy atom. The van der Waals surface area contributed by atoms with Crippen LogP contribution in [0.25, 0.3) is 11.0 Å². The molecule has 3 rings (SSSR count). The molecule has 21 heavy (non-hydrogen) atoms. The van der Waals surface area contributed by atoms with E-state index in [1.807, 2.05) is 31.2 Å². The lowest BCUT2D eigenvalue weighted by Gasteiger charge is -2.31. The standard InChI is InChI=1S/C16H19NO4/c1-11-12-4-2-3-5-13(12)21-14(11)15(18)17-10-16(19)6-8-20-9-7-16/h2-5,19H,6-10H2,1H3,(H,17,18). The average molecular weight is 289 g/mol. The number of ether oxygens (including phenoxy) is 1. The van der Waals surface area contributed by atoms with Crippen LogP contribution >= 0.6 is 0 Å². The molecule has 0 aliphatic carbocycles. The van der Waals surface area contributed by atoms with E-state index in [2.05, 4.69) is 5.32 Å². The maximum absolute atomic E-state index is 12.3. The molecular formula is C16H19NO4. The molecule has 0 radical (unpaired) electrons. The van der Waals surface area contributed by atoms with Crippen molar-refractivity contribution in [3.63, 3.8) is 0 Å². The van der Waals surface area contributed by atoms with Crippen LogP contribution in [-0.4, -0.2) is 36.4 Å². The molecule has 0 atom stereocenters. The number of hydrogen-bond acceptors (Lipinski definition) is 4. The highest BCUT2D eigenvalue weighted by Gasteiger charge is 2.30. The zero-order valence-electron chi connectivity index (χ0n) is 12.0. The van der Waals surface area contributed by atoms with Gasteiger partial charge in [0.15, 0.2) is 5.76 Å². The van der Waals surface area contributed by atoms with Crippen LogP contribution in [0.1, 0.15) is 29.0 Å². The van der Waals surface area contributed by atoms with Gasteiger partial charge in [-0.05, 0) is 13.0 Å². The molecule has 5 nitrogen and oxygen atoms in total. The van der Waals surface area contributed by atoms with Crippen molar-refractivity contribution in [2.45, 2.75) is 25.4 Å². The summed E-state index contributed by atoms with van der Waals surface area (Å²) in [5, 5.41) is 14.1. The van der Waals surface area contributed by atoms with Crippen molar-refractivity contribution in [2.24, 2.45) is 0 Å². The number of aliphatic hydroxyl groups is 1. The summed E-state index contributed by atoms with van der Waals surface area (Å²) in [6.07, 6.45) is 1.07. The van der Waals surface area contributed by atoms with E-state index < -0.39 is 5.60 Å². The molecule has 0 bridgehead atoms. The predicted molar refractivity (Wildman–Crippen MR) is 78.3 cm³/mol. The van der Waals surface area contributed by atoms with Crippen molar-refractivity contribution in [2.75, 3.05) is 19.8 Å². The fraction of sp³-hybridized carbons (Fsp3) is 0.438. The fourth-order valence-electron chi connectivity index (χ4n) is 2.64. The van der Waals surface area contributed by atoms with E-state index in [0.717, 1.165) is 10.9 Å². The summed E-state index contributed by atoms with van der Waals surface area (Å²) < 4.78 is 10.8. The SMILES string of the molecule is Cc1c(C(=O)NCC2(O)CCOCC2)oc2ccccc12. The van der Waals surface area contributed by atoms with Crippen LogP contribution in [0.15, 0.2) is 28.7 Å². The Hall–Kier alpha value is -1.85. The van der Waals surface area contributed by atoms with Gasteiger partial charge in [-0.1, -0.05) is 18.2 Å². The third-order valence-electron chi connectivity index (χ3n) is 4.05. The largest absolute Gasteiger partial charge is 0.451 e. The molecule has 1 amide bonds. The number of benzene rings is 1. The Labute approximate surface area is 122 Å². The van der Waals surface area contributed by atoms with E-state index in [4.69, 9.17) is 9.15 Å². The number of fused-ring (bicyclic) bond motifs is 1. The monoisotopic (exact) mass is 289 g/mol. The lowest BCUT2D eigenvalue weighted by atomic mass is 9.94. The van der Waals surface area contributed by atoms with Gasteiger partial charge in [0, 0.05) is 43.5 Å². The Kier molecular flexibility index (Phi) is 3.69. The minimum atomic E-state index is -0.881. The smallest absolute Gasteiger partial charge is 0.287 e. The number of nitrogens with one attached hydrogen (secondary N) is 1. The van der Waals surface area contributed by atoms with E-state index in [1.54, 1.807) is 0 Å². The molecule has 1 aliphatic heterocycles. The Morgan fingerprint density at radius 2 is 2.05 bits per heavy atom. The lowest BCUT2D eigenvalue weighted by Crippen LogP contribution is -2.46. The third kappa shape index (κ3) is 2.80. The Bertz CT molecular complexity index is 655. The molecule has 2 N–H and O–H groups in total. The summed E-state index contributed by atoms with van der Waals surface area (Å²) >= 11 is 0. The summed E-state index contributed by atoms with van der Waals surface area (Å²) in [7, 11) is 0. The van der Waals surface area contributed by atoms with Crippen molar-refractivity contribution >= 4 is 16.9 Å². The van der Waals surface area contributed by atoms with E-state index in [-0.39, 0.29) is 12.5 Å². The first kappa shape index (κ1) is 14.1. The second-order valence-corrected chi connectivity index (χ2v) is 5.57. The summed E-state index contributed by atoms with van der Waals surface area (Å²) in [5.41, 5.74) is 0.639. The van der Waals surface area contributed by atoms with Gasteiger partial charge in [0.05, 0.1) is 5.60 Å². The van der Waals surface area contributed by atoms with Crippen LogP contribution in [0.2, 0.25) is 0 Å². The van der Waals surface area contributed by atoms with Crippen molar-refractivity contribution in [1.82, 2.24) is 5.32 Å². The van der Waals surface area contributed by atoms with Gasteiger partial charge in [0.25, 0.3) is 5.91 Å². The van der Waals surface area contributed by atoms with Crippen molar-refractivity contribution < 1.29 is 19.1 Å². The van der Waals surface area contributed by atoms with Gasteiger partial charge in [-0.25, -0.2) is 0 Å². The third-order valence-corrected chi connectivity index (χ3v) is 4.05. The molecule has 5 heteroatoms. The van der Waals surface area contributed by atoms with Crippen LogP contribution < -0.4 is 5.32 Å². The summed E-state index contributed by atoms with van der Waals surface area (Å²) in [6.45, 7) is 3.13. The van der Waals surface area contributed by atoms with E-state index >= 15 is 0 Å². The second kappa shape index (κ2) is 5.50. The molecule has 1 saturated heterocycles. The number of hydrogen-bond donors (Lipinski definition) is 2. The summed E-state index contributed by atoms with van der Waals surface area (Å²) in [5.74, 6) is 0.0236. The van der Waals surface area contributed by atoms with Crippen molar-refractivity contribution in [3.05, 3.63) is 35.6 Å². The Morgan fingerprint density at radius 3 is 2.76 bits per heavy atom. The van der Waals surface area contributed by atoms with Crippen LogP contribution in [0.4, 0.5) is 0 Å². The van der Waals surface area contributed by atoms with Gasteiger partial charge in [-0.15, -0.1) is 0 Å². The van der Waals surface area contributed by atoms with E-state index in [1.165, 1.54) is 0 Å². The number of carbonyl (C=O) groups is 1. The lowest BCUT2D eigenvalue weighted by molar-refractivity contribution is -0.0605. The minimum absolute atomic E-state index is 0.214. The molecule has 2 aromatic rings. The van der Waals surface area contributed by atoms with Gasteiger partial charge in [-0.3, -0.25) is 4.79 Å². The first-order valence-electron chi connectivity index (χ1n) is 7.15. The Balaban J connectivity index is 1.73. The number of aryl methyl sites for hydroxylation is 1. The first-order chi connectivity index (χ1) is 10.1. The van der Waals surface area contributed by atoms with Crippen LogP contribution in [0, 0.1) is 6.92 Å². The fourth-order valence-corrected chi connectivity index (χ4v) is 2.64. The molecule has 0 spiro atoms. The number of carbonyl (C=O) groups excluding carboxylic acids is 1. The maximum atomic E-state index is 12.3. The van der Waals surface area contributed by atoms with Crippen LogP contribution in [0.3, 0.4) is 0 Å². The van der Waals surface area contributed by atoms with Gasteiger partial charge in [0.1, 0.15) is 5.58 Å². The van der Waals surface area contributed by atoms with Crippen molar-refractivity contribution in [3.8, 4) is 0 Å². The zero-order chi connectivity index (χ0) is 14.9. The van der Waals surface area contributed by atoms with Gasteiger partial charge >= 0.3 is 0 Å². The zero-order valence-corrected chi connectivity index (χ0v) is 12.0. The van der Waals surface area contributed by atoms with Gasteiger partial charge < -0.3 is 19.6 Å².